The van der Waals surface area contributed by atoms with Crippen LogP contribution in [-0.2, 0) is 4.79 Å². The standard InChI is InChI=1S/C9H18ClNOS/c1-13-8-9(12)11-7-5-3-2-4-6-10/h2-8H2,1H3,(H,11,12). The second kappa shape index (κ2) is 10.2. The van der Waals surface area contributed by atoms with Gasteiger partial charge in [-0.25, -0.2) is 0 Å². The van der Waals surface area contributed by atoms with Gasteiger partial charge in [0.05, 0.1) is 5.75 Å². The summed E-state index contributed by atoms with van der Waals surface area (Å²) >= 11 is 7.09. The number of thioether (sulfide) groups is 1. The van der Waals surface area contributed by atoms with E-state index in [0.29, 0.717) is 5.75 Å². The summed E-state index contributed by atoms with van der Waals surface area (Å²) in [5.41, 5.74) is 0. The quantitative estimate of drug-likeness (QED) is 0.505. The molecule has 0 aliphatic heterocycles. The Balaban J connectivity index is 3.02. The van der Waals surface area contributed by atoms with Crippen molar-refractivity contribution in [3.63, 3.8) is 0 Å². The van der Waals surface area contributed by atoms with E-state index >= 15 is 0 Å². The van der Waals surface area contributed by atoms with Crippen molar-refractivity contribution in [3.05, 3.63) is 0 Å². The van der Waals surface area contributed by atoms with Gasteiger partial charge in [0, 0.05) is 12.4 Å². The highest BCUT2D eigenvalue weighted by molar-refractivity contribution is 7.99. The zero-order valence-corrected chi connectivity index (χ0v) is 9.72. The Morgan fingerprint density at radius 1 is 1.31 bits per heavy atom. The normalized spacial score (nSPS) is 10.0. The van der Waals surface area contributed by atoms with Gasteiger partial charge in [-0.1, -0.05) is 12.8 Å². The molecule has 0 saturated carbocycles. The van der Waals surface area contributed by atoms with Crippen molar-refractivity contribution in [2.45, 2.75) is 25.7 Å². The van der Waals surface area contributed by atoms with Gasteiger partial charge in [0.2, 0.25) is 5.91 Å². The average molecular weight is 224 g/mol. The van der Waals surface area contributed by atoms with Crippen LogP contribution in [0.4, 0.5) is 0 Å². The molecule has 1 amide bonds. The summed E-state index contributed by atoms with van der Waals surface area (Å²) in [4.78, 5) is 11.0. The molecule has 0 aliphatic rings. The molecule has 0 aromatic carbocycles. The van der Waals surface area contributed by atoms with Crippen LogP contribution in [0.2, 0.25) is 0 Å². The Kier molecular flexibility index (Phi) is 10.3. The van der Waals surface area contributed by atoms with E-state index in [1.165, 1.54) is 6.42 Å². The molecule has 0 saturated heterocycles. The summed E-state index contributed by atoms with van der Waals surface area (Å²) in [7, 11) is 0. The Labute approximate surface area is 89.8 Å². The lowest BCUT2D eigenvalue weighted by Crippen LogP contribution is -2.25. The summed E-state index contributed by atoms with van der Waals surface area (Å²) in [5.74, 6) is 1.46. The largest absolute Gasteiger partial charge is 0.355 e. The Hall–Kier alpha value is 0.110. The molecule has 13 heavy (non-hydrogen) atoms. The zero-order valence-electron chi connectivity index (χ0n) is 8.14. The number of halogens is 1. The van der Waals surface area contributed by atoms with Crippen LogP contribution in [0.25, 0.3) is 0 Å². The van der Waals surface area contributed by atoms with Crippen LogP contribution < -0.4 is 5.32 Å². The van der Waals surface area contributed by atoms with Crippen molar-refractivity contribution >= 4 is 29.3 Å². The van der Waals surface area contributed by atoms with Gasteiger partial charge in [-0.05, 0) is 19.1 Å². The van der Waals surface area contributed by atoms with Crippen LogP contribution >= 0.6 is 23.4 Å². The number of rotatable bonds is 8. The Morgan fingerprint density at radius 2 is 2.00 bits per heavy atom. The SMILES string of the molecule is CSCC(=O)NCCCCCCCl. The second-order valence-electron chi connectivity index (χ2n) is 2.89. The monoisotopic (exact) mass is 223 g/mol. The minimum atomic E-state index is 0.143. The summed E-state index contributed by atoms with van der Waals surface area (Å²) in [6, 6.07) is 0. The van der Waals surface area contributed by atoms with Crippen molar-refractivity contribution in [3.8, 4) is 0 Å². The number of alkyl halides is 1. The zero-order chi connectivity index (χ0) is 9.94. The molecule has 0 bridgehead atoms. The van der Waals surface area contributed by atoms with Crippen LogP contribution in [0, 0.1) is 0 Å². The molecule has 0 atom stereocenters. The fraction of sp³-hybridized carbons (Fsp3) is 0.889. The van der Waals surface area contributed by atoms with E-state index in [9.17, 15) is 4.79 Å². The molecule has 0 aromatic rings. The molecule has 0 rings (SSSR count). The summed E-state index contributed by atoms with van der Waals surface area (Å²) in [6.45, 7) is 0.807. The molecule has 1 N–H and O–H groups in total. The van der Waals surface area contributed by atoms with Crippen LogP contribution in [0.5, 0.6) is 0 Å². The molecule has 0 aromatic heterocycles. The number of carbonyl (C=O) groups excluding carboxylic acids is 1. The highest BCUT2D eigenvalue weighted by Gasteiger charge is 1.97. The Bertz CT molecular complexity index is 133. The topological polar surface area (TPSA) is 29.1 Å². The van der Waals surface area contributed by atoms with Crippen molar-refractivity contribution < 1.29 is 4.79 Å². The van der Waals surface area contributed by atoms with E-state index < -0.39 is 0 Å². The summed E-state index contributed by atoms with van der Waals surface area (Å²) in [6.07, 6.45) is 6.41. The molecule has 0 fully saturated rings. The average Bonchev–Trinajstić information content (AvgIpc) is 2.11. The maximum atomic E-state index is 11.0. The number of hydrogen-bond acceptors (Lipinski definition) is 2. The Morgan fingerprint density at radius 3 is 2.62 bits per heavy atom. The molecule has 0 spiro atoms. The summed E-state index contributed by atoms with van der Waals surface area (Å²) < 4.78 is 0. The first-order chi connectivity index (χ1) is 6.31. The van der Waals surface area contributed by atoms with Gasteiger partial charge in [0.1, 0.15) is 0 Å². The molecule has 4 heteroatoms. The smallest absolute Gasteiger partial charge is 0.229 e. The number of hydrogen-bond donors (Lipinski definition) is 1. The van der Waals surface area contributed by atoms with Crippen LogP contribution in [0.15, 0.2) is 0 Å². The maximum absolute atomic E-state index is 11.0. The highest BCUT2D eigenvalue weighted by Crippen LogP contribution is 2.00. The third kappa shape index (κ3) is 10.0. The number of carbonyl (C=O) groups is 1. The van der Waals surface area contributed by atoms with Crippen molar-refractivity contribution in [2.75, 3.05) is 24.4 Å². The van der Waals surface area contributed by atoms with Gasteiger partial charge in [0.25, 0.3) is 0 Å². The number of amides is 1. The van der Waals surface area contributed by atoms with Gasteiger partial charge in [-0.2, -0.15) is 11.8 Å². The van der Waals surface area contributed by atoms with Crippen molar-refractivity contribution in [1.29, 1.82) is 0 Å². The van der Waals surface area contributed by atoms with Crippen LogP contribution in [0.1, 0.15) is 25.7 Å². The van der Waals surface area contributed by atoms with E-state index in [-0.39, 0.29) is 5.91 Å². The van der Waals surface area contributed by atoms with E-state index in [1.54, 1.807) is 11.8 Å². The lowest BCUT2D eigenvalue weighted by Gasteiger charge is -2.03. The van der Waals surface area contributed by atoms with E-state index in [1.807, 2.05) is 6.26 Å². The van der Waals surface area contributed by atoms with Gasteiger partial charge in [-0.15, -0.1) is 11.6 Å². The van der Waals surface area contributed by atoms with Gasteiger partial charge in [-0.3, -0.25) is 4.79 Å². The highest BCUT2D eigenvalue weighted by atomic mass is 35.5. The predicted molar refractivity (Wildman–Crippen MR) is 60.6 cm³/mol. The van der Waals surface area contributed by atoms with Gasteiger partial charge >= 0.3 is 0 Å². The van der Waals surface area contributed by atoms with E-state index in [4.69, 9.17) is 11.6 Å². The third-order valence-corrected chi connectivity index (χ3v) is 2.48. The minimum Gasteiger partial charge on any atom is -0.355 e. The molecule has 0 radical (unpaired) electrons. The fourth-order valence-electron chi connectivity index (χ4n) is 0.983. The first-order valence-corrected chi connectivity index (χ1v) is 6.55. The molecule has 2 nitrogen and oxygen atoms in total. The molecule has 78 valence electrons. The van der Waals surface area contributed by atoms with Crippen LogP contribution in [0.3, 0.4) is 0 Å². The van der Waals surface area contributed by atoms with E-state index in [0.717, 1.165) is 31.7 Å². The third-order valence-electron chi connectivity index (χ3n) is 1.66. The predicted octanol–water partition coefficient (Wildman–Crippen LogP) is 2.26. The van der Waals surface area contributed by atoms with Crippen molar-refractivity contribution in [2.24, 2.45) is 0 Å². The first kappa shape index (κ1) is 13.1. The second-order valence-corrected chi connectivity index (χ2v) is 4.13. The number of nitrogens with one attached hydrogen (secondary N) is 1. The maximum Gasteiger partial charge on any atom is 0.229 e. The lowest BCUT2D eigenvalue weighted by atomic mass is 10.2. The minimum absolute atomic E-state index is 0.143. The lowest BCUT2D eigenvalue weighted by molar-refractivity contribution is -0.118. The van der Waals surface area contributed by atoms with Crippen LogP contribution in [-0.4, -0.2) is 30.3 Å². The number of unbranched alkanes of at least 4 members (excludes halogenated alkanes) is 3. The van der Waals surface area contributed by atoms with Crippen molar-refractivity contribution in [1.82, 2.24) is 5.32 Å². The fourth-order valence-corrected chi connectivity index (χ4v) is 1.54. The molecular weight excluding hydrogens is 206 g/mol. The van der Waals surface area contributed by atoms with E-state index in [2.05, 4.69) is 5.32 Å². The molecule has 0 heterocycles. The first-order valence-electron chi connectivity index (χ1n) is 4.63. The van der Waals surface area contributed by atoms with Gasteiger partial charge < -0.3 is 5.32 Å². The molecule has 0 unspecified atom stereocenters. The van der Waals surface area contributed by atoms with Gasteiger partial charge in [0.15, 0.2) is 0 Å². The summed E-state index contributed by atoms with van der Waals surface area (Å²) in [5, 5.41) is 2.87. The molecule has 0 aliphatic carbocycles. The molecular formula is C9H18ClNOS.